The number of H-pyrrole nitrogens is 1. The van der Waals surface area contributed by atoms with Gasteiger partial charge in [-0.1, -0.05) is 0 Å². The first-order chi connectivity index (χ1) is 9.08. The fourth-order valence-electron chi connectivity index (χ4n) is 1.10. The Bertz CT molecular complexity index is 608. The molecule has 0 aliphatic rings. The van der Waals surface area contributed by atoms with E-state index in [0.717, 1.165) is 11.3 Å². The summed E-state index contributed by atoms with van der Waals surface area (Å²) in [6.45, 7) is 0. The first-order valence-corrected chi connectivity index (χ1v) is 6.99. The van der Waals surface area contributed by atoms with Crippen LogP contribution in [0.2, 0.25) is 0 Å². The van der Waals surface area contributed by atoms with Crippen molar-refractivity contribution in [2.75, 3.05) is 5.75 Å². The minimum Gasteiger partial charge on any atom is -0.252 e. The maximum Gasteiger partial charge on any atom is 0.301 e. The van der Waals surface area contributed by atoms with Crippen LogP contribution in [0.3, 0.4) is 0 Å². The maximum absolute atomic E-state index is 12.6. The van der Waals surface area contributed by atoms with Gasteiger partial charge in [0.15, 0.2) is 10.2 Å². The molecule has 0 aliphatic heterocycles. The predicted molar refractivity (Wildman–Crippen MR) is 61.5 cm³/mol. The Labute approximate surface area is 111 Å². The van der Waals surface area contributed by atoms with E-state index in [9.17, 15) is 17.4 Å². The molecule has 0 amide bonds. The average molecular weight is 309 g/mol. The van der Waals surface area contributed by atoms with Crippen LogP contribution in [-0.2, 0) is 10.8 Å². The largest absolute Gasteiger partial charge is 0.301 e. The summed E-state index contributed by atoms with van der Waals surface area (Å²) in [6, 6.07) is 0. The Morgan fingerprint density at radius 1 is 1.42 bits per heavy atom. The Morgan fingerprint density at radius 3 is 2.84 bits per heavy atom. The number of allylic oxidation sites excluding steroid dienone is 1. The number of halogens is 3. The molecule has 0 radical (unpaired) electrons. The summed E-state index contributed by atoms with van der Waals surface area (Å²) in [5.74, 6) is -1.52. The molecule has 0 saturated carbocycles. The predicted octanol–water partition coefficient (Wildman–Crippen LogP) is 1.90. The maximum atomic E-state index is 12.6. The molecule has 2 aromatic heterocycles. The van der Waals surface area contributed by atoms with Crippen molar-refractivity contribution in [2.24, 2.45) is 0 Å². The Hall–Kier alpha value is -1.62. The van der Waals surface area contributed by atoms with E-state index < -0.39 is 29.1 Å². The minimum absolute atomic E-state index is 0.201. The third-order valence-corrected chi connectivity index (χ3v) is 4.62. The van der Waals surface area contributed by atoms with E-state index in [4.69, 9.17) is 0 Å². The Morgan fingerprint density at radius 2 is 2.21 bits per heavy atom. The molecular weight excluding hydrogens is 303 g/mol. The molecule has 1 N–H and O–H groups in total. The van der Waals surface area contributed by atoms with Crippen LogP contribution in [0.15, 0.2) is 22.4 Å². The number of nitrogens with one attached hydrogen (secondary N) is 1. The third kappa shape index (κ3) is 3.44. The van der Waals surface area contributed by atoms with E-state index in [1.54, 1.807) is 0 Å². The monoisotopic (exact) mass is 309 g/mol. The zero-order valence-electron chi connectivity index (χ0n) is 9.14. The Kier molecular flexibility index (Phi) is 4.37. The van der Waals surface area contributed by atoms with Crippen LogP contribution in [0.25, 0.3) is 10.7 Å². The van der Waals surface area contributed by atoms with Crippen LogP contribution >= 0.6 is 11.3 Å². The average Bonchev–Trinajstić information content (AvgIpc) is 3.04. The molecule has 1 unspecified atom stereocenters. The molecule has 0 aliphatic carbocycles. The number of nitrogens with zero attached hydrogens (tertiary/aromatic N) is 4. The molecule has 0 bridgehead atoms. The number of aromatic nitrogens is 5. The fourth-order valence-corrected chi connectivity index (χ4v) is 3.27. The van der Waals surface area contributed by atoms with Gasteiger partial charge in [-0.2, -0.15) is 14.0 Å². The van der Waals surface area contributed by atoms with Crippen molar-refractivity contribution in [3.8, 4) is 10.7 Å². The second kappa shape index (κ2) is 6.02. The number of aromatic amines is 1. The Balaban J connectivity index is 2.03. The fraction of sp³-hybridized carbons (Fsp3) is 0.250. The van der Waals surface area contributed by atoms with Crippen molar-refractivity contribution in [3.05, 3.63) is 18.1 Å². The SMILES string of the molecule is O=S(CCC(F)=C(F)F)c1ncc(-c2nn[nH]n2)s1. The van der Waals surface area contributed by atoms with Crippen molar-refractivity contribution in [1.82, 2.24) is 25.6 Å². The summed E-state index contributed by atoms with van der Waals surface area (Å²) < 4.78 is 48.2. The summed E-state index contributed by atoms with van der Waals surface area (Å²) >= 11 is 1.04. The molecule has 0 aromatic carbocycles. The molecule has 0 fully saturated rings. The quantitative estimate of drug-likeness (QED) is 0.912. The van der Waals surface area contributed by atoms with Gasteiger partial charge in [0.05, 0.1) is 21.9 Å². The van der Waals surface area contributed by atoms with Crippen molar-refractivity contribution in [1.29, 1.82) is 0 Å². The van der Waals surface area contributed by atoms with Gasteiger partial charge < -0.3 is 0 Å². The van der Waals surface area contributed by atoms with Crippen molar-refractivity contribution < 1.29 is 17.4 Å². The molecule has 1 atom stereocenters. The van der Waals surface area contributed by atoms with E-state index in [-0.39, 0.29) is 10.1 Å². The van der Waals surface area contributed by atoms with Gasteiger partial charge in [0, 0.05) is 12.2 Å². The van der Waals surface area contributed by atoms with Crippen LogP contribution < -0.4 is 0 Å². The van der Waals surface area contributed by atoms with E-state index >= 15 is 0 Å². The molecule has 2 heterocycles. The number of hydrogen-bond donors (Lipinski definition) is 1. The van der Waals surface area contributed by atoms with Gasteiger partial charge in [-0.15, -0.1) is 21.5 Å². The van der Waals surface area contributed by atoms with Crippen LogP contribution in [0, 0.1) is 0 Å². The lowest BCUT2D eigenvalue weighted by atomic mass is 10.4. The van der Waals surface area contributed by atoms with Crippen molar-refractivity contribution >= 4 is 22.1 Å². The van der Waals surface area contributed by atoms with Gasteiger partial charge in [0.2, 0.25) is 5.82 Å². The third-order valence-electron chi connectivity index (χ3n) is 1.96. The summed E-state index contributed by atoms with van der Waals surface area (Å²) in [5.41, 5.74) is 0. The molecular formula is C8H6F3N5OS2. The highest BCUT2D eigenvalue weighted by Crippen LogP contribution is 2.25. The molecule has 19 heavy (non-hydrogen) atoms. The normalized spacial score (nSPS) is 12.4. The topological polar surface area (TPSA) is 84.4 Å². The van der Waals surface area contributed by atoms with Crippen LogP contribution in [0.4, 0.5) is 13.2 Å². The molecule has 11 heteroatoms. The molecule has 6 nitrogen and oxygen atoms in total. The lowest BCUT2D eigenvalue weighted by Gasteiger charge is -1.95. The summed E-state index contributed by atoms with van der Waals surface area (Å²) in [4.78, 5) is 4.40. The highest BCUT2D eigenvalue weighted by molar-refractivity contribution is 7.87. The molecule has 102 valence electrons. The van der Waals surface area contributed by atoms with Crippen molar-refractivity contribution in [2.45, 2.75) is 10.8 Å². The second-order valence-corrected chi connectivity index (χ2v) is 5.97. The number of thiazole rings is 1. The van der Waals surface area contributed by atoms with Gasteiger partial charge in [0.25, 0.3) is 0 Å². The summed E-state index contributed by atoms with van der Waals surface area (Å²) in [7, 11) is -1.65. The lowest BCUT2D eigenvalue weighted by molar-refractivity contribution is 0.373. The van der Waals surface area contributed by atoms with Gasteiger partial charge in [0.1, 0.15) is 0 Å². The van der Waals surface area contributed by atoms with E-state index in [0.29, 0.717) is 10.7 Å². The highest BCUT2D eigenvalue weighted by Gasteiger charge is 2.15. The first-order valence-electron chi connectivity index (χ1n) is 4.85. The van der Waals surface area contributed by atoms with Crippen LogP contribution in [-0.4, -0.2) is 35.6 Å². The van der Waals surface area contributed by atoms with E-state index in [1.807, 2.05) is 0 Å². The summed E-state index contributed by atoms with van der Waals surface area (Å²) in [5, 5.41) is 13.0. The van der Waals surface area contributed by atoms with Gasteiger partial charge in [-0.3, -0.25) is 4.21 Å². The molecule has 2 aromatic rings. The lowest BCUT2D eigenvalue weighted by Crippen LogP contribution is -1.98. The minimum atomic E-state index is -2.39. The molecule has 2 rings (SSSR count). The number of hydrogen-bond acceptors (Lipinski definition) is 6. The summed E-state index contributed by atoms with van der Waals surface area (Å²) in [6.07, 6.45) is -1.58. The zero-order valence-corrected chi connectivity index (χ0v) is 10.8. The smallest absolute Gasteiger partial charge is 0.252 e. The first kappa shape index (κ1) is 13.8. The number of rotatable bonds is 5. The highest BCUT2D eigenvalue weighted by atomic mass is 32.2. The second-order valence-electron chi connectivity index (χ2n) is 3.19. The van der Waals surface area contributed by atoms with Crippen molar-refractivity contribution in [3.63, 3.8) is 0 Å². The van der Waals surface area contributed by atoms with E-state index in [1.165, 1.54) is 6.20 Å². The van der Waals surface area contributed by atoms with Gasteiger partial charge in [-0.05, 0) is 5.21 Å². The van der Waals surface area contributed by atoms with Crippen LogP contribution in [0.1, 0.15) is 6.42 Å². The molecule has 0 saturated heterocycles. The standard InChI is InChI=1S/C8H6F3N5OS2/c9-4(6(10)11)1-2-19(17)8-12-3-5(18-8)7-13-15-16-14-7/h3H,1-2H2,(H,13,14,15,16). The zero-order chi connectivity index (χ0) is 13.8. The molecule has 0 spiro atoms. The van der Waals surface area contributed by atoms with Gasteiger partial charge in [-0.25, -0.2) is 9.37 Å². The van der Waals surface area contributed by atoms with Gasteiger partial charge >= 0.3 is 6.08 Å². The number of tetrazole rings is 1. The van der Waals surface area contributed by atoms with Crippen LogP contribution in [0.5, 0.6) is 0 Å². The van der Waals surface area contributed by atoms with E-state index in [2.05, 4.69) is 25.6 Å².